The van der Waals surface area contributed by atoms with E-state index in [0.717, 1.165) is 35.4 Å². The van der Waals surface area contributed by atoms with Gasteiger partial charge in [-0.25, -0.2) is 13.2 Å². The molecule has 0 saturated carbocycles. The number of nitrogens with zero attached hydrogens (tertiary/aromatic N) is 3. The van der Waals surface area contributed by atoms with Gasteiger partial charge in [-0.15, -0.1) is 0 Å². The van der Waals surface area contributed by atoms with Gasteiger partial charge in [0.2, 0.25) is 0 Å². The summed E-state index contributed by atoms with van der Waals surface area (Å²) in [4.78, 5) is 28.7. The second kappa shape index (κ2) is 8.42. The van der Waals surface area contributed by atoms with E-state index in [2.05, 4.69) is 5.32 Å². The Morgan fingerprint density at radius 1 is 1.17 bits per heavy atom. The number of alkyl halides is 3. The van der Waals surface area contributed by atoms with E-state index in [4.69, 9.17) is 0 Å². The molecule has 182 valence electrons. The van der Waals surface area contributed by atoms with Crippen LogP contribution in [0.1, 0.15) is 29.7 Å². The lowest BCUT2D eigenvalue weighted by Crippen LogP contribution is -2.47. The van der Waals surface area contributed by atoms with Crippen LogP contribution in [0, 0.1) is 11.3 Å². The van der Waals surface area contributed by atoms with Gasteiger partial charge in [-0.05, 0) is 42.8 Å². The molecule has 3 amide bonds. The number of sulfone groups is 1. The number of nitrogens with one attached hydrogen (secondary N) is 1. The fourth-order valence-corrected chi connectivity index (χ4v) is 5.20. The van der Waals surface area contributed by atoms with E-state index in [-0.39, 0.29) is 46.1 Å². The molecule has 0 aliphatic carbocycles. The summed E-state index contributed by atoms with van der Waals surface area (Å²) in [5.74, 6) is -0.478. The molecule has 0 saturated heterocycles. The lowest BCUT2D eigenvalue weighted by molar-refractivity contribution is -0.137. The van der Waals surface area contributed by atoms with Crippen molar-refractivity contribution >= 4 is 27.5 Å². The van der Waals surface area contributed by atoms with Gasteiger partial charge < -0.3 is 10.2 Å². The molecule has 2 aromatic rings. The van der Waals surface area contributed by atoms with Gasteiger partial charge in [0.05, 0.1) is 51.6 Å². The van der Waals surface area contributed by atoms with Gasteiger partial charge in [-0.3, -0.25) is 9.69 Å². The highest BCUT2D eigenvalue weighted by molar-refractivity contribution is 7.90. The van der Waals surface area contributed by atoms with Crippen LogP contribution in [0.5, 0.6) is 0 Å². The highest BCUT2D eigenvalue weighted by Gasteiger charge is 2.45. The van der Waals surface area contributed by atoms with Gasteiger partial charge >= 0.3 is 12.2 Å². The van der Waals surface area contributed by atoms with E-state index < -0.39 is 39.6 Å². The number of anilines is 1. The second-order valence-electron chi connectivity index (χ2n) is 8.08. The monoisotopic (exact) mass is 504 g/mol. The first-order chi connectivity index (χ1) is 16.4. The van der Waals surface area contributed by atoms with Crippen LogP contribution in [0.2, 0.25) is 0 Å². The normalized spacial score (nSPS) is 18.5. The molecule has 2 heterocycles. The Labute approximate surface area is 199 Å². The van der Waals surface area contributed by atoms with Crippen molar-refractivity contribution < 1.29 is 31.2 Å². The summed E-state index contributed by atoms with van der Waals surface area (Å²) in [7, 11) is -3.87. The van der Waals surface area contributed by atoms with Gasteiger partial charge in [0, 0.05) is 12.8 Å². The third-order valence-electron chi connectivity index (χ3n) is 5.87. The summed E-state index contributed by atoms with van der Waals surface area (Å²) in [5.41, 5.74) is -0.675. The molecule has 0 aromatic heterocycles. The van der Waals surface area contributed by atoms with Crippen molar-refractivity contribution in [2.24, 2.45) is 0 Å². The zero-order chi connectivity index (χ0) is 25.7. The van der Waals surface area contributed by atoms with Crippen LogP contribution in [-0.4, -0.2) is 44.6 Å². The summed E-state index contributed by atoms with van der Waals surface area (Å²) in [5, 5.41) is 11.8. The SMILES string of the molecule is CCN1CC2=C(C1=O)[C@@H](c1ccc(C#N)cc1S(C)(=O)=O)NC(=O)N2c1cccc(C(F)(F)F)c1. The zero-order valence-electron chi connectivity index (χ0n) is 18.5. The largest absolute Gasteiger partial charge is 0.416 e. The number of nitriles is 1. The van der Waals surface area contributed by atoms with Gasteiger partial charge in [0.25, 0.3) is 5.91 Å². The van der Waals surface area contributed by atoms with Gasteiger partial charge in [-0.2, -0.15) is 18.4 Å². The van der Waals surface area contributed by atoms with Crippen LogP contribution in [-0.2, 0) is 20.8 Å². The Morgan fingerprint density at radius 2 is 1.89 bits per heavy atom. The van der Waals surface area contributed by atoms with Crippen LogP contribution in [0.25, 0.3) is 0 Å². The second-order valence-corrected chi connectivity index (χ2v) is 10.1. The summed E-state index contributed by atoms with van der Waals surface area (Å²) in [6.07, 6.45) is -3.70. The third-order valence-corrected chi connectivity index (χ3v) is 7.02. The highest BCUT2D eigenvalue weighted by atomic mass is 32.2. The summed E-state index contributed by atoms with van der Waals surface area (Å²) in [6, 6.07) is 7.91. The molecule has 0 radical (unpaired) electrons. The first-order valence-corrected chi connectivity index (χ1v) is 12.3. The molecule has 1 N–H and O–H groups in total. The maximum absolute atomic E-state index is 13.3. The number of amides is 3. The first kappa shape index (κ1) is 24.3. The van der Waals surface area contributed by atoms with Crippen LogP contribution >= 0.6 is 0 Å². The molecule has 2 aromatic carbocycles. The Bertz CT molecular complexity index is 1430. The number of carbonyl (C=O) groups is 2. The molecular weight excluding hydrogens is 485 g/mol. The molecule has 8 nitrogen and oxygen atoms in total. The number of halogens is 3. The summed E-state index contributed by atoms with van der Waals surface area (Å²) >= 11 is 0. The molecule has 35 heavy (non-hydrogen) atoms. The minimum atomic E-state index is -4.64. The zero-order valence-corrected chi connectivity index (χ0v) is 19.4. The topological polar surface area (TPSA) is 111 Å². The van der Waals surface area contributed by atoms with E-state index in [1.807, 2.05) is 6.07 Å². The summed E-state index contributed by atoms with van der Waals surface area (Å²) in [6.45, 7) is 1.92. The predicted molar refractivity (Wildman–Crippen MR) is 119 cm³/mol. The molecule has 0 unspecified atom stereocenters. The van der Waals surface area contributed by atoms with Crippen LogP contribution in [0.15, 0.2) is 58.6 Å². The predicted octanol–water partition coefficient (Wildman–Crippen LogP) is 3.37. The van der Waals surface area contributed by atoms with Crippen molar-refractivity contribution in [1.82, 2.24) is 10.2 Å². The molecule has 2 aliphatic heterocycles. The molecule has 12 heteroatoms. The number of rotatable bonds is 4. The van der Waals surface area contributed by atoms with Crippen molar-refractivity contribution in [1.29, 1.82) is 5.26 Å². The average molecular weight is 504 g/mol. The molecular formula is C23H19F3N4O4S. The number of hydrogen-bond acceptors (Lipinski definition) is 5. The number of likely N-dealkylation sites (N-methyl/N-ethyl adjacent to an activating group) is 1. The summed E-state index contributed by atoms with van der Waals surface area (Å²) < 4.78 is 64.9. The molecule has 4 rings (SSSR count). The molecule has 1 atom stereocenters. The van der Waals surface area contributed by atoms with Crippen molar-refractivity contribution in [3.05, 3.63) is 70.4 Å². The lowest BCUT2D eigenvalue weighted by Gasteiger charge is -2.34. The quantitative estimate of drug-likeness (QED) is 0.687. The minimum Gasteiger partial charge on any atom is -0.333 e. The molecule has 0 bridgehead atoms. The van der Waals surface area contributed by atoms with E-state index in [9.17, 15) is 36.4 Å². The van der Waals surface area contributed by atoms with E-state index in [0.29, 0.717) is 0 Å². The van der Waals surface area contributed by atoms with Crippen LogP contribution in [0.4, 0.5) is 23.7 Å². The smallest absolute Gasteiger partial charge is 0.333 e. The number of hydrogen-bond donors (Lipinski definition) is 1. The maximum atomic E-state index is 13.3. The Kier molecular flexibility index (Phi) is 5.84. The molecule has 2 aliphatic rings. The van der Waals surface area contributed by atoms with Gasteiger partial charge in [0.1, 0.15) is 0 Å². The van der Waals surface area contributed by atoms with Gasteiger partial charge in [-0.1, -0.05) is 12.1 Å². The van der Waals surface area contributed by atoms with Crippen molar-refractivity contribution in [2.45, 2.75) is 24.0 Å². The number of carbonyl (C=O) groups excluding carboxylic acids is 2. The fraction of sp³-hybridized carbons (Fsp3) is 0.261. The standard InChI is InChI=1S/C23H19F3N4O4S/c1-3-29-12-17-19(21(29)31)20(16-8-7-13(11-27)9-18(16)35(2,33)34)28-22(32)30(17)15-6-4-5-14(10-15)23(24,25)26/h4-10,20H,3,12H2,1-2H3,(H,28,32)/t20-/m1/s1. The fourth-order valence-electron chi connectivity index (χ4n) is 4.24. The lowest BCUT2D eigenvalue weighted by atomic mass is 9.94. The first-order valence-electron chi connectivity index (χ1n) is 10.4. The third kappa shape index (κ3) is 4.23. The number of benzene rings is 2. The van der Waals surface area contributed by atoms with Crippen molar-refractivity contribution in [3.63, 3.8) is 0 Å². The van der Waals surface area contributed by atoms with E-state index in [1.165, 1.54) is 23.1 Å². The van der Waals surface area contributed by atoms with E-state index in [1.54, 1.807) is 6.92 Å². The molecule has 0 fully saturated rings. The van der Waals surface area contributed by atoms with Crippen LogP contribution < -0.4 is 10.2 Å². The van der Waals surface area contributed by atoms with Crippen LogP contribution in [0.3, 0.4) is 0 Å². The Balaban J connectivity index is 1.93. The highest BCUT2D eigenvalue weighted by Crippen LogP contribution is 2.41. The average Bonchev–Trinajstić information content (AvgIpc) is 3.13. The van der Waals surface area contributed by atoms with Gasteiger partial charge in [0.15, 0.2) is 9.84 Å². The molecule has 0 spiro atoms. The Morgan fingerprint density at radius 3 is 2.49 bits per heavy atom. The number of urea groups is 1. The van der Waals surface area contributed by atoms with Crippen molar-refractivity contribution in [2.75, 3.05) is 24.2 Å². The minimum absolute atomic E-state index is 0.0463. The van der Waals surface area contributed by atoms with Crippen molar-refractivity contribution in [3.8, 4) is 6.07 Å². The maximum Gasteiger partial charge on any atom is 0.416 e. The Hall–Kier alpha value is -3.85. The van der Waals surface area contributed by atoms with E-state index >= 15 is 0 Å².